The number of halogens is 1. The molecule has 0 amide bonds. The first kappa shape index (κ1) is 13.6. The Balaban J connectivity index is 0.00000144. The van der Waals surface area contributed by atoms with Gasteiger partial charge in [-0.1, -0.05) is 30.3 Å². The van der Waals surface area contributed by atoms with Gasteiger partial charge in [0, 0.05) is 28.8 Å². The smallest absolute Gasteiger partial charge is 0.167 e. The van der Waals surface area contributed by atoms with Crippen molar-refractivity contribution < 1.29 is 26.2 Å². The van der Waals surface area contributed by atoms with Crippen molar-refractivity contribution in [3.05, 3.63) is 59.9 Å². The van der Waals surface area contributed by atoms with Crippen molar-refractivity contribution in [2.24, 2.45) is 0 Å². The van der Waals surface area contributed by atoms with E-state index < -0.39 is 5.82 Å². The topological polar surface area (TPSA) is 35.2 Å². The first-order valence-electron chi connectivity index (χ1n) is 4.97. The first-order chi connectivity index (χ1) is 7.75. The van der Waals surface area contributed by atoms with Crippen LogP contribution >= 0.6 is 0 Å². The van der Waals surface area contributed by atoms with Crippen LogP contribution in [0.25, 0.3) is 0 Å². The van der Waals surface area contributed by atoms with Gasteiger partial charge in [-0.15, -0.1) is 0 Å². The van der Waals surface area contributed by atoms with Crippen LogP contribution in [0.4, 0.5) is 10.1 Å². The van der Waals surface area contributed by atoms with E-state index in [1.54, 1.807) is 6.07 Å². The van der Waals surface area contributed by atoms with Crippen LogP contribution in [0.3, 0.4) is 0 Å². The summed E-state index contributed by atoms with van der Waals surface area (Å²) in [5.41, 5.74) is 6.83. The van der Waals surface area contributed by atoms with Crippen LogP contribution in [0.2, 0.25) is 0 Å². The summed E-state index contributed by atoms with van der Waals surface area (Å²) in [7, 11) is 0. The minimum atomic E-state index is -0.434. The zero-order valence-corrected chi connectivity index (χ0v) is 10.1. The number of anilines is 1. The molecule has 0 bridgehead atoms. The average Bonchev–Trinajstić information content (AvgIpc) is 2.29. The largest absolute Gasteiger partial charge is 0.486 e. The number of hydrogen-bond donors (Lipinski definition) is 1. The van der Waals surface area contributed by atoms with Crippen LogP contribution in [0.15, 0.2) is 48.5 Å². The predicted octanol–water partition coefficient (Wildman–Crippen LogP) is 2.98. The Morgan fingerprint density at radius 1 is 1.06 bits per heavy atom. The summed E-state index contributed by atoms with van der Waals surface area (Å²) in [4.78, 5) is 0. The summed E-state index contributed by atoms with van der Waals surface area (Å²) >= 11 is 0. The number of hydrogen-bond acceptors (Lipinski definition) is 2. The van der Waals surface area contributed by atoms with Gasteiger partial charge >= 0.3 is 0 Å². The molecule has 2 aromatic rings. The Morgan fingerprint density at radius 2 is 1.76 bits per heavy atom. The summed E-state index contributed by atoms with van der Waals surface area (Å²) in [5.74, 6) is -0.214. The Hall–Kier alpha value is -1.51. The molecule has 0 aliphatic carbocycles. The molecule has 0 radical (unpaired) electrons. The van der Waals surface area contributed by atoms with E-state index in [1.807, 2.05) is 30.3 Å². The molecule has 2 nitrogen and oxygen atoms in total. The molecule has 0 aromatic heterocycles. The summed E-state index contributed by atoms with van der Waals surface area (Å²) < 4.78 is 18.7. The second kappa shape index (κ2) is 6.28. The van der Waals surface area contributed by atoms with Crippen LogP contribution in [0, 0.1) is 5.82 Å². The van der Waals surface area contributed by atoms with Gasteiger partial charge in [-0.05, 0) is 17.7 Å². The normalized spacial score (nSPS) is 9.47. The molecule has 17 heavy (non-hydrogen) atoms. The Bertz CT molecular complexity index is 476. The first-order valence-corrected chi connectivity index (χ1v) is 4.97. The fourth-order valence-corrected chi connectivity index (χ4v) is 1.37. The molecule has 0 heterocycles. The van der Waals surface area contributed by atoms with Crippen LogP contribution in [-0.4, -0.2) is 0 Å². The van der Waals surface area contributed by atoms with E-state index in [4.69, 9.17) is 10.5 Å². The van der Waals surface area contributed by atoms with Crippen LogP contribution in [0.1, 0.15) is 5.56 Å². The molecule has 0 saturated heterocycles. The second-order valence-corrected chi connectivity index (χ2v) is 3.46. The van der Waals surface area contributed by atoms with Gasteiger partial charge in [-0.2, -0.15) is 0 Å². The van der Waals surface area contributed by atoms with Gasteiger partial charge in [-0.25, -0.2) is 4.39 Å². The molecule has 2 rings (SSSR count). The third-order valence-corrected chi connectivity index (χ3v) is 2.19. The molecule has 2 aromatic carbocycles. The molecule has 2 N–H and O–H groups in total. The Kier molecular flexibility index (Phi) is 5.01. The summed E-state index contributed by atoms with van der Waals surface area (Å²) in [6.45, 7) is 0.349. The van der Waals surface area contributed by atoms with Gasteiger partial charge in [0.25, 0.3) is 0 Å². The maximum atomic E-state index is 13.3. The molecule has 4 heteroatoms. The van der Waals surface area contributed by atoms with E-state index in [2.05, 4.69) is 0 Å². The fourth-order valence-electron chi connectivity index (χ4n) is 1.37. The van der Waals surface area contributed by atoms with E-state index in [0.717, 1.165) is 5.56 Å². The SMILES string of the molecule is Nc1ccc(OCc2ccccc2)c(F)c1.[Fe]. The van der Waals surface area contributed by atoms with E-state index in [1.165, 1.54) is 12.1 Å². The van der Waals surface area contributed by atoms with Gasteiger partial charge < -0.3 is 10.5 Å². The Labute approximate surface area is 110 Å². The van der Waals surface area contributed by atoms with Crippen molar-refractivity contribution in [3.63, 3.8) is 0 Å². The third kappa shape index (κ3) is 3.77. The predicted molar refractivity (Wildman–Crippen MR) is 61.6 cm³/mol. The summed E-state index contributed by atoms with van der Waals surface area (Å²) in [6, 6.07) is 14.0. The molecule has 0 fully saturated rings. The molecular weight excluding hydrogens is 261 g/mol. The van der Waals surface area contributed by atoms with Gasteiger partial charge in [-0.3, -0.25) is 0 Å². The molecule has 0 aliphatic rings. The molecular formula is C13H12FFeNO. The van der Waals surface area contributed by atoms with Gasteiger partial charge in [0.15, 0.2) is 11.6 Å². The molecule has 90 valence electrons. The average molecular weight is 273 g/mol. The zero-order valence-electron chi connectivity index (χ0n) is 9.04. The number of nitrogens with two attached hydrogens (primary N) is 1. The maximum absolute atomic E-state index is 13.3. The van der Waals surface area contributed by atoms with E-state index in [0.29, 0.717) is 12.3 Å². The maximum Gasteiger partial charge on any atom is 0.167 e. The number of benzene rings is 2. The van der Waals surface area contributed by atoms with Crippen LogP contribution in [0.5, 0.6) is 5.75 Å². The standard InChI is InChI=1S/C13H12FNO.Fe/c14-12-8-11(15)6-7-13(12)16-9-10-4-2-1-3-5-10;/h1-8H,9,15H2;. The van der Waals surface area contributed by atoms with Crippen molar-refractivity contribution in [1.82, 2.24) is 0 Å². The molecule has 0 atom stereocenters. The quantitative estimate of drug-likeness (QED) is 0.689. The van der Waals surface area contributed by atoms with Crippen molar-refractivity contribution in [1.29, 1.82) is 0 Å². The minimum Gasteiger partial charge on any atom is -0.486 e. The molecule has 0 saturated carbocycles. The van der Waals surface area contributed by atoms with Crippen molar-refractivity contribution >= 4 is 5.69 Å². The minimum absolute atomic E-state index is 0. The second-order valence-electron chi connectivity index (χ2n) is 3.46. The van der Waals surface area contributed by atoms with Crippen molar-refractivity contribution in [3.8, 4) is 5.75 Å². The van der Waals surface area contributed by atoms with E-state index >= 15 is 0 Å². The third-order valence-electron chi connectivity index (χ3n) is 2.19. The summed E-state index contributed by atoms with van der Waals surface area (Å²) in [5, 5.41) is 0. The monoisotopic (exact) mass is 273 g/mol. The Morgan fingerprint density at radius 3 is 2.41 bits per heavy atom. The van der Waals surface area contributed by atoms with Crippen LogP contribution < -0.4 is 10.5 Å². The zero-order chi connectivity index (χ0) is 11.4. The molecule has 0 spiro atoms. The van der Waals surface area contributed by atoms with E-state index in [-0.39, 0.29) is 22.8 Å². The van der Waals surface area contributed by atoms with Crippen molar-refractivity contribution in [2.45, 2.75) is 6.61 Å². The number of ether oxygens (including phenoxy) is 1. The summed E-state index contributed by atoms with van der Waals surface area (Å²) in [6.07, 6.45) is 0. The van der Waals surface area contributed by atoms with E-state index in [9.17, 15) is 4.39 Å². The molecule has 0 aliphatic heterocycles. The number of nitrogen functional groups attached to an aromatic ring is 1. The van der Waals surface area contributed by atoms with Gasteiger partial charge in [0.05, 0.1) is 0 Å². The van der Waals surface area contributed by atoms with Gasteiger partial charge in [0.2, 0.25) is 0 Å². The van der Waals surface area contributed by atoms with Crippen LogP contribution in [-0.2, 0) is 23.7 Å². The molecule has 0 unspecified atom stereocenters. The number of rotatable bonds is 3. The van der Waals surface area contributed by atoms with Gasteiger partial charge in [0.1, 0.15) is 6.61 Å². The van der Waals surface area contributed by atoms with Crippen molar-refractivity contribution in [2.75, 3.05) is 5.73 Å². The fraction of sp³-hybridized carbons (Fsp3) is 0.0769.